The largest absolute Gasteiger partial charge is 0.414 e. The van der Waals surface area contributed by atoms with Crippen molar-refractivity contribution in [2.45, 2.75) is 105 Å². The van der Waals surface area contributed by atoms with E-state index in [1.165, 1.54) is 28.6 Å². The maximum Gasteiger partial charge on any atom is 0.331 e. The molecular formula is C27H43BrN2O5SSi2. The van der Waals surface area contributed by atoms with Gasteiger partial charge in [-0.25, -0.2) is 4.79 Å². The van der Waals surface area contributed by atoms with Crippen LogP contribution in [0, 0.1) is 0 Å². The van der Waals surface area contributed by atoms with Crippen molar-refractivity contribution in [2.24, 2.45) is 0 Å². The van der Waals surface area contributed by atoms with Gasteiger partial charge in [-0.3, -0.25) is 14.3 Å². The summed E-state index contributed by atoms with van der Waals surface area (Å²) >= 11 is 5.37. The van der Waals surface area contributed by atoms with Gasteiger partial charge < -0.3 is 13.6 Å². The molecule has 2 heterocycles. The summed E-state index contributed by atoms with van der Waals surface area (Å²) < 4.78 is 22.1. The highest BCUT2D eigenvalue weighted by atomic mass is 79.9. The van der Waals surface area contributed by atoms with E-state index in [1.807, 2.05) is 30.3 Å². The van der Waals surface area contributed by atoms with Crippen LogP contribution in [0.4, 0.5) is 0 Å². The fraction of sp³-hybridized carbons (Fsp3) is 0.630. The molecule has 212 valence electrons. The summed E-state index contributed by atoms with van der Waals surface area (Å²) in [5.74, 6) is 0. The average Bonchev–Trinajstić information content (AvgIpc) is 3.03. The summed E-state index contributed by atoms with van der Waals surface area (Å²) in [5, 5.41) is -1.23. The maximum atomic E-state index is 13.2. The number of alkyl halides is 1. The summed E-state index contributed by atoms with van der Waals surface area (Å²) in [7, 11) is -4.35. The number of aromatic amines is 1. The van der Waals surface area contributed by atoms with Crippen LogP contribution in [0.2, 0.25) is 36.3 Å². The number of hydrogen-bond donors (Lipinski definition) is 1. The van der Waals surface area contributed by atoms with Crippen LogP contribution in [-0.2, 0) is 18.6 Å². The van der Waals surface area contributed by atoms with Crippen LogP contribution in [0.15, 0.2) is 57.1 Å². The van der Waals surface area contributed by atoms with Crippen molar-refractivity contribution in [3.05, 3.63) is 63.4 Å². The van der Waals surface area contributed by atoms with Crippen molar-refractivity contribution < 1.29 is 13.6 Å². The first-order valence-electron chi connectivity index (χ1n) is 13.0. The lowest BCUT2D eigenvalue weighted by Gasteiger charge is -2.41. The van der Waals surface area contributed by atoms with Crippen molar-refractivity contribution in [1.82, 2.24) is 9.55 Å². The zero-order valence-corrected chi connectivity index (χ0v) is 28.7. The molecule has 0 bridgehead atoms. The number of H-pyrrole nitrogens is 1. The summed E-state index contributed by atoms with van der Waals surface area (Å²) in [5.41, 5.74) is -0.996. The normalized spacial score (nSPS) is 25.1. The minimum atomic E-state index is -2.25. The molecule has 0 saturated carbocycles. The molecule has 0 radical (unpaired) electrons. The molecule has 0 amide bonds. The molecule has 1 fully saturated rings. The van der Waals surface area contributed by atoms with Gasteiger partial charge in [0.05, 0.1) is 12.7 Å². The number of benzene rings is 1. The molecule has 1 aliphatic rings. The number of nitrogens with one attached hydrogen (secondary N) is 1. The van der Waals surface area contributed by atoms with Crippen LogP contribution < -0.4 is 11.2 Å². The number of rotatable bonds is 8. The molecule has 0 spiro atoms. The first-order valence-corrected chi connectivity index (χ1v) is 20.6. The minimum absolute atomic E-state index is 0.0287. The highest BCUT2D eigenvalue weighted by molar-refractivity contribution is 9.09. The SMILES string of the molecule is CC(C)(C)[Si](C)(C)OC[C@H]1O[C@@](Sc2ccccc2)(n2ccc(=O)[nH]c2=O)[C@@H](Br)[C@@H]1O[Si](C)(C)C(C)(C)C. The minimum Gasteiger partial charge on any atom is -0.414 e. The Balaban J connectivity index is 2.14. The molecule has 1 N–H and O–H groups in total. The van der Waals surface area contributed by atoms with E-state index in [1.54, 1.807) is 0 Å². The van der Waals surface area contributed by atoms with Crippen LogP contribution in [0.1, 0.15) is 41.5 Å². The molecule has 11 heteroatoms. The van der Waals surface area contributed by atoms with E-state index in [9.17, 15) is 9.59 Å². The van der Waals surface area contributed by atoms with Crippen LogP contribution >= 0.6 is 27.7 Å². The maximum absolute atomic E-state index is 13.2. The van der Waals surface area contributed by atoms with Gasteiger partial charge in [-0.15, -0.1) is 0 Å². The summed E-state index contributed by atoms with van der Waals surface area (Å²) in [6.45, 7) is 22.5. The molecule has 0 unspecified atom stereocenters. The summed E-state index contributed by atoms with van der Waals surface area (Å²) in [6, 6.07) is 11.2. The highest BCUT2D eigenvalue weighted by Crippen LogP contribution is 2.53. The Morgan fingerprint density at radius 1 is 1.00 bits per heavy atom. The Hall–Kier alpha value is -0.956. The first kappa shape index (κ1) is 31.6. The van der Waals surface area contributed by atoms with Crippen molar-refractivity contribution in [1.29, 1.82) is 0 Å². The Bertz CT molecular complexity index is 1220. The molecule has 2 aromatic rings. The molecule has 3 rings (SSSR count). The van der Waals surface area contributed by atoms with Crippen LogP contribution in [0.25, 0.3) is 0 Å². The van der Waals surface area contributed by atoms with Crippen LogP contribution in [0.5, 0.6) is 0 Å². The molecule has 1 aliphatic heterocycles. The van der Waals surface area contributed by atoms with Gasteiger partial charge in [0.1, 0.15) is 10.9 Å². The van der Waals surface area contributed by atoms with Gasteiger partial charge in [0.25, 0.3) is 5.56 Å². The Morgan fingerprint density at radius 3 is 2.11 bits per heavy atom. The van der Waals surface area contributed by atoms with Crippen LogP contribution in [-0.4, -0.2) is 49.8 Å². The first-order chi connectivity index (χ1) is 17.3. The third-order valence-corrected chi connectivity index (χ3v) is 19.9. The Morgan fingerprint density at radius 2 is 1.58 bits per heavy atom. The molecule has 1 aromatic carbocycles. The summed E-state index contributed by atoms with van der Waals surface area (Å²) in [6.07, 6.45) is 0.666. The fourth-order valence-corrected chi connectivity index (χ4v) is 8.56. The Kier molecular flexibility index (Phi) is 9.25. The van der Waals surface area contributed by atoms with E-state index < -0.39 is 50.0 Å². The molecule has 7 nitrogen and oxygen atoms in total. The quantitative estimate of drug-likeness (QED) is 0.261. The van der Waals surface area contributed by atoms with Gasteiger partial charge in [0.2, 0.25) is 5.06 Å². The van der Waals surface area contributed by atoms with Crippen LogP contribution in [0.3, 0.4) is 0 Å². The van der Waals surface area contributed by atoms with E-state index in [-0.39, 0.29) is 10.1 Å². The number of ether oxygens (including phenoxy) is 1. The van der Waals surface area contributed by atoms with Crippen molar-refractivity contribution in [3.63, 3.8) is 0 Å². The van der Waals surface area contributed by atoms with Gasteiger partial charge in [-0.2, -0.15) is 0 Å². The van der Waals surface area contributed by atoms with Gasteiger partial charge in [0, 0.05) is 17.2 Å². The van der Waals surface area contributed by atoms with Gasteiger partial charge in [-0.1, -0.05) is 87.4 Å². The average molecular weight is 644 g/mol. The number of aromatic nitrogens is 2. The number of thioether (sulfide) groups is 1. The van der Waals surface area contributed by atoms with E-state index in [4.69, 9.17) is 13.6 Å². The number of hydrogen-bond acceptors (Lipinski definition) is 6. The topological polar surface area (TPSA) is 82.5 Å². The highest BCUT2D eigenvalue weighted by Gasteiger charge is 2.59. The predicted molar refractivity (Wildman–Crippen MR) is 164 cm³/mol. The molecule has 38 heavy (non-hydrogen) atoms. The molecular weight excluding hydrogens is 600 g/mol. The number of halogens is 1. The molecule has 1 aromatic heterocycles. The molecule has 0 aliphatic carbocycles. The van der Waals surface area contributed by atoms with E-state index in [0.29, 0.717) is 6.61 Å². The van der Waals surface area contributed by atoms with Gasteiger partial charge in [0.15, 0.2) is 16.6 Å². The van der Waals surface area contributed by atoms with Crippen molar-refractivity contribution >= 4 is 44.3 Å². The second-order valence-electron chi connectivity index (χ2n) is 13.0. The lowest BCUT2D eigenvalue weighted by atomic mass is 10.2. The monoisotopic (exact) mass is 642 g/mol. The zero-order chi connectivity index (χ0) is 28.7. The number of nitrogens with zero attached hydrogens (tertiary/aromatic N) is 1. The van der Waals surface area contributed by atoms with E-state index >= 15 is 0 Å². The predicted octanol–water partition coefficient (Wildman–Crippen LogP) is 6.51. The molecule has 1 saturated heterocycles. The zero-order valence-electron chi connectivity index (χ0n) is 24.3. The lowest BCUT2D eigenvalue weighted by Crippen LogP contribution is -2.51. The van der Waals surface area contributed by atoms with Gasteiger partial charge in [-0.05, 0) is 48.4 Å². The smallest absolute Gasteiger partial charge is 0.331 e. The van der Waals surface area contributed by atoms with Gasteiger partial charge >= 0.3 is 5.69 Å². The van der Waals surface area contributed by atoms with Crippen molar-refractivity contribution in [3.8, 4) is 0 Å². The van der Waals surface area contributed by atoms with E-state index in [2.05, 4.69) is 88.6 Å². The lowest BCUT2D eigenvalue weighted by molar-refractivity contribution is -0.0601. The second kappa shape index (κ2) is 11.1. The summed E-state index contributed by atoms with van der Waals surface area (Å²) in [4.78, 5) is 28.1. The standard InChI is InChI=1S/C27H43BrN2O5SSi2/c1-25(2,3)37(7,8)33-18-20-22(35-38(9,10)26(4,5)6)23(28)27(34-20,36-19-14-12-11-13-15-19)30-17-16-21(31)29-24(30)32/h11-17,20,22-23H,18H2,1-10H3,(H,29,31,32)/t20-,22-,23+,27+/m1/s1. The third-order valence-electron chi connectivity index (χ3n) is 8.14. The molecule has 4 atom stereocenters. The second-order valence-corrected chi connectivity index (χ2v) is 24.8. The third kappa shape index (κ3) is 6.50. The van der Waals surface area contributed by atoms with Crippen molar-refractivity contribution in [2.75, 3.05) is 6.61 Å². The Labute approximate surface area is 241 Å². The fourth-order valence-electron chi connectivity index (χ4n) is 3.67. The van der Waals surface area contributed by atoms with E-state index in [0.717, 1.165) is 4.90 Å².